The monoisotopic (exact) mass is 450 g/mol. The highest BCUT2D eigenvalue weighted by molar-refractivity contribution is 7.80. The number of carbonyl (C=O) groups is 1. The van der Waals surface area contributed by atoms with Crippen molar-refractivity contribution in [3.8, 4) is 22.6 Å². The van der Waals surface area contributed by atoms with Crippen molar-refractivity contribution in [3.05, 3.63) is 52.7 Å². The summed E-state index contributed by atoms with van der Waals surface area (Å²) in [6.07, 6.45) is 4.05. The predicted molar refractivity (Wildman–Crippen MR) is 132 cm³/mol. The van der Waals surface area contributed by atoms with Crippen LogP contribution in [0.15, 0.2) is 36.0 Å². The predicted octanol–water partition coefficient (Wildman–Crippen LogP) is 5.07. The summed E-state index contributed by atoms with van der Waals surface area (Å²) in [7, 11) is 3.30. The Morgan fingerprint density at radius 2 is 1.62 bits per heavy atom. The van der Waals surface area contributed by atoms with Gasteiger partial charge in [0.1, 0.15) is 17.2 Å². The lowest BCUT2D eigenvalue weighted by molar-refractivity contribution is -0.115. The van der Waals surface area contributed by atoms with Gasteiger partial charge in [-0.3, -0.25) is 10.1 Å². The molecule has 0 atom stereocenters. The molecule has 6 heteroatoms. The first-order valence-corrected chi connectivity index (χ1v) is 11.2. The van der Waals surface area contributed by atoms with E-state index in [1.54, 1.807) is 20.3 Å². The highest BCUT2D eigenvalue weighted by Crippen LogP contribution is 2.49. The molecule has 1 heterocycles. The average molecular weight is 451 g/mol. The maximum Gasteiger partial charge on any atom is 0.273 e. The van der Waals surface area contributed by atoms with E-state index in [4.69, 9.17) is 21.7 Å². The Hall–Kier alpha value is -2.86. The van der Waals surface area contributed by atoms with Crippen LogP contribution < -0.4 is 20.1 Å². The first kappa shape index (κ1) is 22.3. The second-order valence-electron chi connectivity index (χ2n) is 9.76. The molecular weight excluding hydrogens is 420 g/mol. The van der Waals surface area contributed by atoms with Crippen molar-refractivity contribution in [1.29, 1.82) is 0 Å². The van der Waals surface area contributed by atoms with Crippen LogP contribution in [0.5, 0.6) is 11.5 Å². The highest BCUT2D eigenvalue weighted by Gasteiger charge is 2.37. The molecule has 32 heavy (non-hydrogen) atoms. The maximum absolute atomic E-state index is 12.2. The van der Waals surface area contributed by atoms with Gasteiger partial charge in [-0.05, 0) is 70.8 Å². The number of benzene rings is 2. The van der Waals surface area contributed by atoms with E-state index in [-0.39, 0.29) is 16.7 Å². The van der Waals surface area contributed by atoms with E-state index < -0.39 is 0 Å². The summed E-state index contributed by atoms with van der Waals surface area (Å²) in [5.41, 5.74) is 6.04. The molecular formula is C26H30N2O3S. The second kappa shape index (κ2) is 7.93. The van der Waals surface area contributed by atoms with Crippen LogP contribution in [-0.2, 0) is 15.6 Å². The Morgan fingerprint density at radius 1 is 0.938 bits per heavy atom. The van der Waals surface area contributed by atoms with E-state index in [9.17, 15) is 4.79 Å². The molecule has 2 aliphatic rings. The third-order valence-electron chi connectivity index (χ3n) is 6.74. The normalized spacial score (nSPS) is 19.9. The van der Waals surface area contributed by atoms with Crippen molar-refractivity contribution in [2.75, 3.05) is 14.2 Å². The van der Waals surface area contributed by atoms with Crippen molar-refractivity contribution in [2.24, 2.45) is 0 Å². The zero-order chi connectivity index (χ0) is 23.3. The summed E-state index contributed by atoms with van der Waals surface area (Å²) in [5, 5.41) is 5.79. The van der Waals surface area contributed by atoms with E-state index in [0.717, 1.165) is 28.9 Å². The molecule has 168 valence electrons. The summed E-state index contributed by atoms with van der Waals surface area (Å²) >= 11 is 5.05. The van der Waals surface area contributed by atoms with Crippen LogP contribution in [0.1, 0.15) is 57.2 Å². The number of carbonyl (C=O) groups excluding carboxylic acids is 1. The van der Waals surface area contributed by atoms with Crippen molar-refractivity contribution >= 4 is 29.3 Å². The van der Waals surface area contributed by atoms with Gasteiger partial charge < -0.3 is 14.8 Å². The summed E-state index contributed by atoms with van der Waals surface area (Å²) in [6, 6.07) is 10.5. The van der Waals surface area contributed by atoms with E-state index in [1.165, 1.54) is 17.5 Å². The zero-order valence-electron chi connectivity index (χ0n) is 19.5. The van der Waals surface area contributed by atoms with E-state index in [2.05, 4.69) is 56.5 Å². The minimum absolute atomic E-state index is 0.0858. The molecule has 0 radical (unpaired) electrons. The molecule has 5 nitrogen and oxygen atoms in total. The minimum Gasteiger partial charge on any atom is -0.496 e. The molecule has 0 saturated carbocycles. The van der Waals surface area contributed by atoms with Gasteiger partial charge in [-0.2, -0.15) is 0 Å². The maximum atomic E-state index is 12.2. The van der Waals surface area contributed by atoms with Gasteiger partial charge in [-0.15, -0.1) is 0 Å². The van der Waals surface area contributed by atoms with Crippen molar-refractivity contribution in [3.63, 3.8) is 0 Å². The molecule has 0 unspecified atom stereocenters. The first-order chi connectivity index (χ1) is 15.1. The molecule has 0 spiro atoms. The standard InChI is InChI=1S/C26H30N2O3S/c1-25(2)11-12-26(3,4)18-13-15(7-9-17(18)25)21-20(30-5)10-8-16(22(21)31-6)14-19-23(29)28-24(32)27-19/h7-10,13-14H,11-12H2,1-6H3,(H2,27,28,29,32)/b19-14-. The fraction of sp³-hybridized carbons (Fsp3) is 0.385. The third kappa shape index (κ3) is 3.77. The van der Waals surface area contributed by atoms with Gasteiger partial charge >= 0.3 is 0 Å². The number of ether oxygens (including phenoxy) is 2. The third-order valence-corrected chi connectivity index (χ3v) is 6.94. The second-order valence-corrected chi connectivity index (χ2v) is 10.2. The Bertz CT molecular complexity index is 1150. The molecule has 1 aliphatic heterocycles. The molecule has 1 saturated heterocycles. The lowest BCUT2D eigenvalue weighted by atomic mass is 9.63. The molecule has 2 aromatic rings. The molecule has 4 rings (SSSR count). The van der Waals surface area contributed by atoms with Crippen LogP contribution in [-0.4, -0.2) is 25.2 Å². The van der Waals surface area contributed by atoms with E-state index in [1.807, 2.05) is 12.1 Å². The summed E-state index contributed by atoms with van der Waals surface area (Å²) in [6.45, 7) is 9.26. The number of hydrogen-bond acceptors (Lipinski definition) is 4. The number of fused-ring (bicyclic) bond motifs is 1. The van der Waals surface area contributed by atoms with E-state index >= 15 is 0 Å². The van der Waals surface area contributed by atoms with E-state index in [0.29, 0.717) is 16.6 Å². The smallest absolute Gasteiger partial charge is 0.273 e. The largest absolute Gasteiger partial charge is 0.496 e. The van der Waals surface area contributed by atoms with Crippen molar-refractivity contribution in [1.82, 2.24) is 10.6 Å². The Labute approximate surface area is 195 Å². The molecule has 0 bridgehead atoms. The van der Waals surface area contributed by atoms with Gasteiger partial charge in [0.25, 0.3) is 5.91 Å². The molecule has 2 aromatic carbocycles. The summed E-state index contributed by atoms with van der Waals surface area (Å²) < 4.78 is 11.6. The quantitative estimate of drug-likeness (QED) is 0.503. The fourth-order valence-corrected chi connectivity index (χ4v) is 4.94. The lowest BCUT2D eigenvalue weighted by Crippen LogP contribution is -2.33. The molecule has 1 amide bonds. The Kier molecular flexibility index (Phi) is 5.53. The topological polar surface area (TPSA) is 59.6 Å². The Morgan fingerprint density at radius 3 is 2.22 bits per heavy atom. The molecule has 0 aromatic heterocycles. The summed E-state index contributed by atoms with van der Waals surface area (Å²) in [5.74, 6) is 1.11. The van der Waals surface area contributed by atoms with Gasteiger partial charge in [-0.1, -0.05) is 45.9 Å². The first-order valence-electron chi connectivity index (χ1n) is 10.8. The van der Waals surface area contributed by atoms with Gasteiger partial charge in [0.15, 0.2) is 5.11 Å². The number of nitrogens with one attached hydrogen (secondary N) is 2. The van der Waals surface area contributed by atoms with Gasteiger partial charge in [0.05, 0.1) is 19.8 Å². The van der Waals surface area contributed by atoms with Crippen LogP contribution in [0.3, 0.4) is 0 Å². The zero-order valence-corrected chi connectivity index (χ0v) is 20.3. The Balaban J connectivity index is 1.91. The fourth-order valence-electron chi connectivity index (χ4n) is 4.74. The number of hydrogen-bond donors (Lipinski definition) is 2. The van der Waals surface area contributed by atoms with Gasteiger partial charge in [0, 0.05) is 5.56 Å². The van der Waals surface area contributed by atoms with Crippen LogP contribution in [0.4, 0.5) is 0 Å². The number of methoxy groups -OCH3 is 2. The average Bonchev–Trinajstić information content (AvgIpc) is 3.07. The lowest BCUT2D eigenvalue weighted by Gasteiger charge is -2.42. The molecule has 2 N–H and O–H groups in total. The number of amides is 1. The van der Waals surface area contributed by atoms with Crippen LogP contribution in [0, 0.1) is 0 Å². The molecule has 1 fully saturated rings. The SMILES string of the molecule is COc1ccc(/C=C2\NC(=S)NC2=O)c(OC)c1-c1ccc2c(c1)C(C)(C)CCC2(C)C. The number of thiocarbonyl (C=S) groups is 1. The van der Waals surface area contributed by atoms with Crippen LogP contribution in [0.25, 0.3) is 17.2 Å². The van der Waals surface area contributed by atoms with Crippen LogP contribution >= 0.6 is 12.2 Å². The van der Waals surface area contributed by atoms with Crippen molar-refractivity contribution < 1.29 is 14.3 Å². The molecule has 1 aliphatic carbocycles. The van der Waals surface area contributed by atoms with Gasteiger partial charge in [-0.25, -0.2) is 0 Å². The number of rotatable bonds is 4. The minimum atomic E-state index is -0.257. The van der Waals surface area contributed by atoms with Gasteiger partial charge in [0.2, 0.25) is 0 Å². The highest BCUT2D eigenvalue weighted by atomic mass is 32.1. The summed E-state index contributed by atoms with van der Waals surface area (Å²) in [4.78, 5) is 12.2. The van der Waals surface area contributed by atoms with Crippen LogP contribution in [0.2, 0.25) is 0 Å². The van der Waals surface area contributed by atoms with Crippen molar-refractivity contribution in [2.45, 2.75) is 51.4 Å².